The fourth-order valence-corrected chi connectivity index (χ4v) is 6.75. The summed E-state index contributed by atoms with van der Waals surface area (Å²) in [6.45, 7) is 1.61. The third-order valence-corrected chi connectivity index (χ3v) is 8.24. The lowest BCUT2D eigenvalue weighted by Gasteiger charge is -2.38. The Balaban J connectivity index is 2.66. The molecule has 2 aromatic rings. The van der Waals surface area contributed by atoms with Crippen molar-refractivity contribution in [1.29, 1.82) is 0 Å². The van der Waals surface area contributed by atoms with E-state index in [9.17, 15) is 21.6 Å². The second-order valence-corrected chi connectivity index (χ2v) is 9.34. The highest BCUT2D eigenvalue weighted by Gasteiger charge is 2.51. The third kappa shape index (κ3) is 3.54. The zero-order chi connectivity index (χ0) is 17.1. The fourth-order valence-electron chi connectivity index (χ4n) is 2.07. The lowest BCUT2D eigenvalue weighted by Crippen LogP contribution is -2.28. The Morgan fingerprint density at radius 3 is 1.57 bits per heavy atom. The Morgan fingerprint density at radius 1 is 0.870 bits per heavy atom. The highest BCUT2D eigenvalue weighted by molar-refractivity contribution is 8.33. The van der Waals surface area contributed by atoms with Gasteiger partial charge in [0, 0.05) is 15.5 Å². The van der Waals surface area contributed by atoms with Crippen LogP contribution in [0.3, 0.4) is 0 Å². The predicted molar refractivity (Wildman–Crippen MR) is 83.6 cm³/mol. The fraction of sp³-hybridized carbons (Fsp3) is 0.200. The summed E-state index contributed by atoms with van der Waals surface area (Å²) in [7, 11) is -8.57. The molecule has 0 spiro atoms. The normalized spacial score (nSPS) is 13.7. The second-order valence-electron chi connectivity index (χ2n) is 4.56. The van der Waals surface area contributed by atoms with Crippen LogP contribution in [0.1, 0.15) is 6.92 Å². The van der Waals surface area contributed by atoms with E-state index in [1.54, 1.807) is 67.6 Å². The summed E-state index contributed by atoms with van der Waals surface area (Å²) in [6.07, 6.45) is 0. The number of benzene rings is 2. The molecule has 0 amide bonds. The van der Waals surface area contributed by atoms with Crippen LogP contribution in [-0.2, 0) is 13.7 Å². The van der Waals surface area contributed by atoms with Crippen LogP contribution >= 0.6 is 10.3 Å². The molecule has 2 rings (SSSR count). The van der Waals surface area contributed by atoms with Crippen molar-refractivity contribution < 1.29 is 25.2 Å². The number of alkyl halides is 3. The molecule has 0 radical (unpaired) electrons. The summed E-state index contributed by atoms with van der Waals surface area (Å²) >= 11 is 0. The smallest absolute Gasteiger partial charge is 0.204 e. The van der Waals surface area contributed by atoms with Crippen molar-refractivity contribution in [3.05, 3.63) is 60.7 Å². The van der Waals surface area contributed by atoms with Gasteiger partial charge in [-0.1, -0.05) is 53.6 Å². The van der Waals surface area contributed by atoms with Gasteiger partial charge >= 0.3 is 15.6 Å². The number of halogens is 3. The van der Waals surface area contributed by atoms with E-state index in [4.69, 9.17) is 3.63 Å². The maximum atomic E-state index is 12.8. The number of hydrogen-bond donors (Lipinski definition) is 0. The summed E-state index contributed by atoms with van der Waals surface area (Å²) in [5, 5.41) is 0. The van der Waals surface area contributed by atoms with E-state index in [2.05, 4.69) is 0 Å². The Hall–Kier alpha value is -1.51. The molecule has 0 aliphatic rings. The molecule has 0 unspecified atom stereocenters. The van der Waals surface area contributed by atoms with Crippen LogP contribution in [-0.4, -0.2) is 19.7 Å². The Bertz CT molecular complexity index is 705. The van der Waals surface area contributed by atoms with E-state index in [1.165, 1.54) is 0 Å². The van der Waals surface area contributed by atoms with Crippen molar-refractivity contribution in [2.45, 2.75) is 22.2 Å². The largest absolute Gasteiger partial charge is 0.523 e. The van der Waals surface area contributed by atoms with Gasteiger partial charge in [-0.15, -0.1) is 0 Å². The minimum Gasteiger partial charge on any atom is -0.204 e. The third-order valence-electron chi connectivity index (χ3n) is 3.14. The summed E-state index contributed by atoms with van der Waals surface area (Å²) in [5.41, 5.74) is -5.47. The monoisotopic (exact) mass is 364 g/mol. The van der Waals surface area contributed by atoms with Gasteiger partial charge in [-0.25, -0.2) is 3.63 Å². The van der Waals surface area contributed by atoms with Gasteiger partial charge in [0.05, 0.1) is 0 Å². The van der Waals surface area contributed by atoms with E-state index in [-0.39, 0.29) is 5.75 Å². The van der Waals surface area contributed by atoms with Gasteiger partial charge in [0.1, 0.15) is 0 Å². The van der Waals surface area contributed by atoms with Crippen LogP contribution in [0.25, 0.3) is 0 Å². The van der Waals surface area contributed by atoms with E-state index >= 15 is 0 Å². The molecule has 0 saturated carbocycles. The van der Waals surface area contributed by atoms with Crippen molar-refractivity contribution in [1.82, 2.24) is 0 Å². The molecule has 0 aliphatic heterocycles. The Morgan fingerprint density at radius 2 is 1.26 bits per heavy atom. The number of rotatable bonds is 5. The topological polar surface area (TPSA) is 43.4 Å². The van der Waals surface area contributed by atoms with Crippen LogP contribution in [0.5, 0.6) is 0 Å². The molecular formula is C15H15F3O3S2. The second kappa shape index (κ2) is 6.54. The lowest BCUT2D eigenvalue weighted by molar-refractivity contribution is -0.0496. The predicted octanol–water partition coefficient (Wildman–Crippen LogP) is 4.71. The molecule has 0 heterocycles. The van der Waals surface area contributed by atoms with Crippen molar-refractivity contribution >= 4 is 20.4 Å². The van der Waals surface area contributed by atoms with Crippen molar-refractivity contribution in [3.63, 3.8) is 0 Å². The van der Waals surface area contributed by atoms with E-state index < -0.39 is 25.9 Å². The molecule has 3 nitrogen and oxygen atoms in total. The van der Waals surface area contributed by atoms with Gasteiger partial charge in [0.2, 0.25) is 0 Å². The maximum Gasteiger partial charge on any atom is 0.523 e. The molecular weight excluding hydrogens is 349 g/mol. The first-order valence-electron chi connectivity index (χ1n) is 6.66. The van der Waals surface area contributed by atoms with Crippen molar-refractivity contribution in [2.24, 2.45) is 0 Å². The van der Waals surface area contributed by atoms with Crippen LogP contribution < -0.4 is 0 Å². The van der Waals surface area contributed by atoms with Crippen molar-refractivity contribution in [2.75, 3.05) is 5.75 Å². The molecule has 0 saturated heterocycles. The van der Waals surface area contributed by atoms with Gasteiger partial charge in [-0.2, -0.15) is 21.6 Å². The van der Waals surface area contributed by atoms with Crippen LogP contribution in [0.15, 0.2) is 70.5 Å². The van der Waals surface area contributed by atoms with Crippen LogP contribution in [0, 0.1) is 0 Å². The van der Waals surface area contributed by atoms with Crippen LogP contribution in [0.4, 0.5) is 13.2 Å². The average Bonchev–Trinajstić information content (AvgIpc) is 2.53. The molecule has 0 atom stereocenters. The quantitative estimate of drug-likeness (QED) is 0.722. The van der Waals surface area contributed by atoms with Gasteiger partial charge in [0.15, 0.2) is 0 Å². The summed E-state index contributed by atoms with van der Waals surface area (Å²) in [5.74, 6) is 0.0936. The first kappa shape index (κ1) is 17.8. The zero-order valence-electron chi connectivity index (χ0n) is 12.2. The number of hydrogen-bond acceptors (Lipinski definition) is 3. The average molecular weight is 364 g/mol. The highest BCUT2D eigenvalue weighted by atomic mass is 32.3. The molecule has 0 aromatic heterocycles. The molecule has 0 aliphatic carbocycles. The van der Waals surface area contributed by atoms with Crippen LogP contribution in [0.2, 0.25) is 0 Å². The molecule has 0 fully saturated rings. The molecule has 126 valence electrons. The van der Waals surface area contributed by atoms with E-state index in [1.807, 2.05) is 0 Å². The van der Waals surface area contributed by atoms with E-state index in [0.717, 1.165) is 0 Å². The minimum atomic E-state index is -5.73. The molecule has 8 heteroatoms. The maximum absolute atomic E-state index is 12.8. The molecule has 2 aromatic carbocycles. The van der Waals surface area contributed by atoms with Gasteiger partial charge < -0.3 is 0 Å². The highest BCUT2D eigenvalue weighted by Crippen LogP contribution is 2.64. The van der Waals surface area contributed by atoms with Gasteiger partial charge in [-0.3, -0.25) is 0 Å². The van der Waals surface area contributed by atoms with Crippen molar-refractivity contribution in [3.8, 4) is 0 Å². The lowest BCUT2D eigenvalue weighted by atomic mass is 10.4. The first-order valence-corrected chi connectivity index (χ1v) is 9.80. The molecule has 0 bridgehead atoms. The molecule has 0 N–H and O–H groups in total. The SMILES string of the molecule is CCS(OS(=O)(=O)C(F)(F)F)(c1ccccc1)c1ccccc1. The first-order chi connectivity index (χ1) is 10.7. The summed E-state index contributed by atoms with van der Waals surface area (Å²) in [6, 6.07) is 16.3. The van der Waals surface area contributed by atoms with E-state index in [0.29, 0.717) is 9.79 Å². The summed E-state index contributed by atoms with van der Waals surface area (Å²) in [4.78, 5) is 0.836. The zero-order valence-corrected chi connectivity index (χ0v) is 13.8. The molecule has 23 heavy (non-hydrogen) atoms. The van der Waals surface area contributed by atoms with Gasteiger partial charge in [0.25, 0.3) is 0 Å². The summed E-state index contributed by atoms with van der Waals surface area (Å²) < 4.78 is 66.6. The standard InChI is InChI=1S/C15H15F3O3S2/c1-2-22(13-9-5-3-6-10-13,14-11-7-4-8-12-14)21-23(19,20)15(16,17)18/h3-12H,2H2,1H3. The Labute approximate surface area is 134 Å². The minimum absolute atomic E-state index is 0.0936. The van der Waals surface area contributed by atoms with Gasteiger partial charge in [-0.05, 0) is 24.3 Å². The Kier molecular flexibility index (Phi) is 5.07.